The predicted octanol–water partition coefficient (Wildman–Crippen LogP) is -0.194. The van der Waals surface area contributed by atoms with Crippen molar-refractivity contribution in [1.29, 1.82) is 0 Å². The number of likely N-dealkylation sites (N-methyl/N-ethyl adjacent to an activating group) is 1. The molecule has 1 aliphatic heterocycles. The van der Waals surface area contributed by atoms with E-state index in [0.29, 0.717) is 12.6 Å². The van der Waals surface area contributed by atoms with Crippen molar-refractivity contribution in [3.63, 3.8) is 0 Å². The summed E-state index contributed by atoms with van der Waals surface area (Å²) in [4.78, 5) is 13.6. The highest BCUT2D eigenvalue weighted by Crippen LogP contribution is 2.10. The molecule has 1 atom stereocenters. The Labute approximate surface area is 86.0 Å². The average Bonchev–Trinajstić information content (AvgIpc) is 2.67. The predicted molar refractivity (Wildman–Crippen MR) is 57.2 cm³/mol. The zero-order chi connectivity index (χ0) is 10.4. The highest BCUT2D eigenvalue weighted by atomic mass is 16.1. The second-order valence-electron chi connectivity index (χ2n) is 3.93. The zero-order valence-corrected chi connectivity index (χ0v) is 9.18. The van der Waals surface area contributed by atoms with E-state index in [1.54, 1.807) is 7.05 Å². The normalized spacial score (nSPS) is 19.6. The largest absolute Gasteiger partial charge is 0.353 e. The summed E-state index contributed by atoms with van der Waals surface area (Å²) in [5, 5.41) is 5.75. The lowest BCUT2D eigenvalue weighted by atomic mass is 10.3. The van der Waals surface area contributed by atoms with E-state index in [0.717, 1.165) is 6.54 Å². The number of amides is 1. The van der Waals surface area contributed by atoms with Crippen LogP contribution in [0.4, 0.5) is 0 Å². The SMILES string of the molecule is CNCC(=O)NCC(C)N1CCCC1. The Balaban J connectivity index is 2.13. The number of hydrogen-bond acceptors (Lipinski definition) is 3. The van der Waals surface area contributed by atoms with Gasteiger partial charge in [0.05, 0.1) is 6.54 Å². The van der Waals surface area contributed by atoms with Gasteiger partial charge in [-0.3, -0.25) is 9.69 Å². The summed E-state index contributed by atoms with van der Waals surface area (Å²) < 4.78 is 0. The maximum Gasteiger partial charge on any atom is 0.234 e. The van der Waals surface area contributed by atoms with Gasteiger partial charge in [0.15, 0.2) is 0 Å². The molecule has 0 saturated carbocycles. The minimum absolute atomic E-state index is 0.0820. The standard InChI is InChI=1S/C10H21N3O/c1-9(13-5-3-4-6-13)7-12-10(14)8-11-2/h9,11H,3-8H2,1-2H3,(H,12,14). The van der Waals surface area contributed by atoms with Gasteiger partial charge in [-0.1, -0.05) is 0 Å². The molecule has 1 fully saturated rings. The Morgan fingerprint density at radius 2 is 2.07 bits per heavy atom. The van der Waals surface area contributed by atoms with Crippen LogP contribution >= 0.6 is 0 Å². The Bertz CT molecular complexity index is 178. The van der Waals surface area contributed by atoms with Gasteiger partial charge in [0.2, 0.25) is 5.91 Å². The Hall–Kier alpha value is -0.610. The minimum Gasteiger partial charge on any atom is -0.353 e. The lowest BCUT2D eigenvalue weighted by Gasteiger charge is -2.23. The summed E-state index contributed by atoms with van der Waals surface area (Å²) in [5.41, 5.74) is 0. The summed E-state index contributed by atoms with van der Waals surface area (Å²) in [6, 6.07) is 0.471. The highest BCUT2D eigenvalue weighted by Gasteiger charge is 2.17. The van der Waals surface area contributed by atoms with E-state index in [4.69, 9.17) is 0 Å². The van der Waals surface area contributed by atoms with Crippen molar-refractivity contribution in [3.05, 3.63) is 0 Å². The van der Waals surface area contributed by atoms with E-state index in [1.807, 2.05) is 0 Å². The van der Waals surface area contributed by atoms with Gasteiger partial charge in [-0.2, -0.15) is 0 Å². The molecular formula is C10H21N3O. The average molecular weight is 199 g/mol. The molecule has 0 radical (unpaired) electrons. The molecule has 0 aromatic rings. The Kier molecular flexibility index (Phi) is 4.90. The fourth-order valence-electron chi connectivity index (χ4n) is 1.80. The van der Waals surface area contributed by atoms with Crippen molar-refractivity contribution in [2.24, 2.45) is 0 Å². The lowest BCUT2D eigenvalue weighted by molar-refractivity contribution is -0.120. The van der Waals surface area contributed by atoms with Gasteiger partial charge < -0.3 is 10.6 Å². The van der Waals surface area contributed by atoms with Crippen LogP contribution in [0.2, 0.25) is 0 Å². The minimum atomic E-state index is 0.0820. The second-order valence-corrected chi connectivity index (χ2v) is 3.93. The molecule has 0 aliphatic carbocycles. The van der Waals surface area contributed by atoms with Gasteiger partial charge in [-0.05, 0) is 39.9 Å². The lowest BCUT2D eigenvalue weighted by Crippen LogP contribution is -2.42. The molecule has 1 rings (SSSR count). The summed E-state index contributed by atoms with van der Waals surface area (Å²) >= 11 is 0. The van der Waals surface area contributed by atoms with Crippen LogP contribution < -0.4 is 10.6 Å². The van der Waals surface area contributed by atoms with Crippen molar-refractivity contribution < 1.29 is 4.79 Å². The van der Waals surface area contributed by atoms with Crippen molar-refractivity contribution >= 4 is 5.91 Å². The van der Waals surface area contributed by atoms with E-state index in [1.165, 1.54) is 25.9 Å². The summed E-state index contributed by atoms with van der Waals surface area (Å²) in [5.74, 6) is 0.0820. The third-order valence-electron chi connectivity index (χ3n) is 2.70. The molecule has 0 bridgehead atoms. The molecule has 0 aromatic carbocycles. The monoisotopic (exact) mass is 199 g/mol. The first-order valence-electron chi connectivity index (χ1n) is 5.39. The Morgan fingerprint density at radius 3 is 2.64 bits per heavy atom. The van der Waals surface area contributed by atoms with Gasteiger partial charge >= 0.3 is 0 Å². The first-order chi connectivity index (χ1) is 6.74. The molecule has 2 N–H and O–H groups in total. The number of rotatable bonds is 5. The van der Waals surface area contributed by atoms with Crippen LogP contribution in [0.3, 0.4) is 0 Å². The molecule has 1 heterocycles. The van der Waals surface area contributed by atoms with Crippen molar-refractivity contribution in [1.82, 2.24) is 15.5 Å². The highest BCUT2D eigenvalue weighted by molar-refractivity contribution is 5.77. The fourth-order valence-corrected chi connectivity index (χ4v) is 1.80. The van der Waals surface area contributed by atoms with E-state index < -0.39 is 0 Å². The van der Waals surface area contributed by atoms with Crippen LogP contribution in [-0.4, -0.2) is 50.1 Å². The van der Waals surface area contributed by atoms with Crippen LogP contribution in [0.1, 0.15) is 19.8 Å². The topological polar surface area (TPSA) is 44.4 Å². The third-order valence-corrected chi connectivity index (χ3v) is 2.70. The van der Waals surface area contributed by atoms with Gasteiger partial charge in [0.1, 0.15) is 0 Å². The third kappa shape index (κ3) is 3.64. The maximum atomic E-state index is 11.2. The zero-order valence-electron chi connectivity index (χ0n) is 9.18. The summed E-state index contributed by atoms with van der Waals surface area (Å²) in [7, 11) is 1.78. The van der Waals surface area contributed by atoms with Crippen molar-refractivity contribution in [2.45, 2.75) is 25.8 Å². The number of carbonyl (C=O) groups is 1. The quantitative estimate of drug-likeness (QED) is 0.645. The molecule has 1 aliphatic rings. The smallest absolute Gasteiger partial charge is 0.234 e. The van der Waals surface area contributed by atoms with Gasteiger partial charge in [-0.15, -0.1) is 0 Å². The van der Waals surface area contributed by atoms with Crippen LogP contribution in [0.15, 0.2) is 0 Å². The molecule has 4 nitrogen and oxygen atoms in total. The fraction of sp³-hybridized carbons (Fsp3) is 0.900. The number of nitrogens with one attached hydrogen (secondary N) is 2. The molecule has 4 heteroatoms. The van der Waals surface area contributed by atoms with Crippen LogP contribution in [0, 0.1) is 0 Å². The van der Waals surface area contributed by atoms with Crippen molar-refractivity contribution in [3.8, 4) is 0 Å². The summed E-state index contributed by atoms with van der Waals surface area (Å²) in [6.07, 6.45) is 2.60. The number of likely N-dealkylation sites (tertiary alicyclic amines) is 1. The molecule has 0 aromatic heterocycles. The van der Waals surface area contributed by atoms with E-state index in [-0.39, 0.29) is 5.91 Å². The Morgan fingerprint density at radius 1 is 1.43 bits per heavy atom. The van der Waals surface area contributed by atoms with Crippen LogP contribution in [0.5, 0.6) is 0 Å². The van der Waals surface area contributed by atoms with Crippen LogP contribution in [-0.2, 0) is 4.79 Å². The van der Waals surface area contributed by atoms with E-state index in [2.05, 4.69) is 22.5 Å². The van der Waals surface area contributed by atoms with Gasteiger partial charge in [0, 0.05) is 12.6 Å². The molecule has 0 spiro atoms. The number of carbonyl (C=O) groups excluding carboxylic acids is 1. The maximum absolute atomic E-state index is 11.2. The molecule has 1 unspecified atom stereocenters. The van der Waals surface area contributed by atoms with Gasteiger partial charge in [-0.25, -0.2) is 0 Å². The first kappa shape index (κ1) is 11.5. The van der Waals surface area contributed by atoms with Crippen LogP contribution in [0.25, 0.3) is 0 Å². The summed E-state index contributed by atoms with van der Waals surface area (Å²) in [6.45, 7) is 5.71. The van der Waals surface area contributed by atoms with Crippen molar-refractivity contribution in [2.75, 3.05) is 33.2 Å². The van der Waals surface area contributed by atoms with E-state index in [9.17, 15) is 4.79 Å². The van der Waals surface area contributed by atoms with E-state index >= 15 is 0 Å². The number of hydrogen-bond donors (Lipinski definition) is 2. The molecular weight excluding hydrogens is 178 g/mol. The molecule has 1 amide bonds. The first-order valence-corrected chi connectivity index (χ1v) is 5.39. The second kappa shape index (κ2) is 5.98. The molecule has 82 valence electrons. The number of nitrogens with zero attached hydrogens (tertiary/aromatic N) is 1. The molecule has 14 heavy (non-hydrogen) atoms. The molecule has 1 saturated heterocycles. The van der Waals surface area contributed by atoms with Gasteiger partial charge in [0.25, 0.3) is 0 Å².